The van der Waals surface area contributed by atoms with Crippen LogP contribution in [0.1, 0.15) is 11.1 Å². The molecule has 0 atom stereocenters. The van der Waals surface area contributed by atoms with Crippen LogP contribution >= 0.6 is 0 Å². The molecule has 0 amide bonds. The van der Waals surface area contributed by atoms with E-state index in [1.54, 1.807) is 0 Å². The highest BCUT2D eigenvalue weighted by atomic mass is 15.1. The molecular weight excluding hydrogens is 210 g/mol. The van der Waals surface area contributed by atoms with Crippen molar-refractivity contribution in [3.05, 3.63) is 53.7 Å². The second-order valence-electron chi connectivity index (χ2n) is 4.28. The van der Waals surface area contributed by atoms with E-state index in [0.29, 0.717) is 5.82 Å². The van der Waals surface area contributed by atoms with E-state index < -0.39 is 0 Å². The van der Waals surface area contributed by atoms with E-state index in [9.17, 15) is 0 Å². The minimum Gasteiger partial charge on any atom is -0.384 e. The van der Waals surface area contributed by atoms with Gasteiger partial charge in [0.25, 0.3) is 0 Å². The first-order valence-electron chi connectivity index (χ1n) is 5.63. The van der Waals surface area contributed by atoms with Crippen molar-refractivity contribution in [3.63, 3.8) is 0 Å². The molecule has 0 radical (unpaired) electrons. The summed E-state index contributed by atoms with van der Waals surface area (Å²) in [6, 6.07) is 12.3. The molecule has 0 fully saturated rings. The van der Waals surface area contributed by atoms with Crippen LogP contribution in [0.3, 0.4) is 0 Å². The van der Waals surface area contributed by atoms with Gasteiger partial charge < -0.3 is 10.6 Å². The Morgan fingerprint density at radius 3 is 2.41 bits per heavy atom. The molecule has 0 unspecified atom stereocenters. The number of rotatable bonds is 3. The van der Waals surface area contributed by atoms with Gasteiger partial charge in [0.2, 0.25) is 0 Å². The molecule has 88 valence electrons. The van der Waals surface area contributed by atoms with Crippen LogP contribution in [-0.2, 0) is 6.54 Å². The number of aryl methyl sites for hydroxylation is 1. The van der Waals surface area contributed by atoms with Crippen molar-refractivity contribution in [2.45, 2.75) is 13.5 Å². The maximum atomic E-state index is 5.56. The summed E-state index contributed by atoms with van der Waals surface area (Å²) in [6.07, 6.45) is 1.82. The van der Waals surface area contributed by atoms with E-state index in [1.165, 1.54) is 11.3 Å². The van der Waals surface area contributed by atoms with Gasteiger partial charge in [0.05, 0.1) is 0 Å². The van der Waals surface area contributed by atoms with Gasteiger partial charge >= 0.3 is 0 Å². The number of benzene rings is 1. The number of pyridine rings is 1. The third kappa shape index (κ3) is 2.97. The van der Waals surface area contributed by atoms with E-state index in [1.807, 2.05) is 18.3 Å². The molecule has 0 saturated carbocycles. The number of anilines is 2. The molecule has 2 N–H and O–H groups in total. The van der Waals surface area contributed by atoms with E-state index in [4.69, 9.17) is 5.73 Å². The molecule has 0 spiro atoms. The maximum Gasteiger partial charge on any atom is 0.123 e. The standard InChI is InChI=1S/C14H17N3/c1-11-3-6-13(7-4-11)17(2)10-12-5-8-14(15)16-9-12/h3-9H,10H2,1-2H3,(H2,15,16). The Bertz CT molecular complexity index is 474. The summed E-state index contributed by atoms with van der Waals surface area (Å²) < 4.78 is 0. The number of nitrogens with two attached hydrogens (primary N) is 1. The summed E-state index contributed by atoms with van der Waals surface area (Å²) in [7, 11) is 2.07. The van der Waals surface area contributed by atoms with Crippen molar-refractivity contribution in [3.8, 4) is 0 Å². The van der Waals surface area contributed by atoms with E-state index in [-0.39, 0.29) is 0 Å². The molecule has 1 aromatic heterocycles. The second kappa shape index (κ2) is 4.87. The molecule has 17 heavy (non-hydrogen) atoms. The fraction of sp³-hybridized carbons (Fsp3) is 0.214. The quantitative estimate of drug-likeness (QED) is 0.876. The fourth-order valence-electron chi connectivity index (χ4n) is 1.69. The Morgan fingerprint density at radius 2 is 1.82 bits per heavy atom. The highest BCUT2D eigenvalue weighted by Crippen LogP contribution is 2.16. The molecule has 1 heterocycles. The van der Waals surface area contributed by atoms with Crippen LogP contribution in [-0.4, -0.2) is 12.0 Å². The van der Waals surface area contributed by atoms with Gasteiger partial charge in [-0.05, 0) is 30.7 Å². The molecule has 3 heteroatoms. The van der Waals surface area contributed by atoms with E-state index >= 15 is 0 Å². The molecule has 0 aliphatic carbocycles. The van der Waals surface area contributed by atoms with Crippen LogP contribution in [0.2, 0.25) is 0 Å². The van der Waals surface area contributed by atoms with Crippen molar-refractivity contribution >= 4 is 11.5 Å². The van der Waals surface area contributed by atoms with Crippen molar-refractivity contribution in [2.24, 2.45) is 0 Å². The summed E-state index contributed by atoms with van der Waals surface area (Å²) in [5, 5.41) is 0. The zero-order chi connectivity index (χ0) is 12.3. The fourth-order valence-corrected chi connectivity index (χ4v) is 1.69. The molecule has 1 aromatic carbocycles. The largest absolute Gasteiger partial charge is 0.384 e. The molecule has 2 rings (SSSR count). The second-order valence-corrected chi connectivity index (χ2v) is 4.28. The number of nitrogens with zero attached hydrogens (tertiary/aromatic N) is 2. The molecule has 0 bridgehead atoms. The van der Waals surface area contributed by atoms with Crippen molar-refractivity contribution in [2.75, 3.05) is 17.7 Å². The zero-order valence-electron chi connectivity index (χ0n) is 10.2. The Morgan fingerprint density at radius 1 is 1.12 bits per heavy atom. The molecule has 0 aliphatic heterocycles. The Hall–Kier alpha value is -2.03. The first-order chi connectivity index (χ1) is 8.15. The predicted molar refractivity (Wildman–Crippen MR) is 71.9 cm³/mol. The Kier molecular flexibility index (Phi) is 3.28. The van der Waals surface area contributed by atoms with Gasteiger partial charge in [-0.25, -0.2) is 4.98 Å². The lowest BCUT2D eigenvalue weighted by Gasteiger charge is -2.19. The molecule has 3 nitrogen and oxygen atoms in total. The first kappa shape index (κ1) is 11.5. The van der Waals surface area contributed by atoms with Crippen LogP contribution < -0.4 is 10.6 Å². The average molecular weight is 227 g/mol. The van der Waals surface area contributed by atoms with Crippen LogP contribution in [0.4, 0.5) is 11.5 Å². The van der Waals surface area contributed by atoms with Gasteiger partial charge in [-0.3, -0.25) is 0 Å². The number of hydrogen-bond acceptors (Lipinski definition) is 3. The zero-order valence-corrected chi connectivity index (χ0v) is 10.2. The lowest BCUT2D eigenvalue weighted by Crippen LogP contribution is -2.16. The molecule has 2 aromatic rings. The van der Waals surface area contributed by atoms with Crippen molar-refractivity contribution < 1.29 is 0 Å². The van der Waals surface area contributed by atoms with Crippen molar-refractivity contribution in [1.29, 1.82) is 0 Å². The maximum absolute atomic E-state index is 5.56. The van der Waals surface area contributed by atoms with Crippen LogP contribution in [0, 0.1) is 6.92 Å². The smallest absolute Gasteiger partial charge is 0.123 e. The van der Waals surface area contributed by atoms with Crippen molar-refractivity contribution in [1.82, 2.24) is 4.98 Å². The number of aromatic nitrogens is 1. The third-order valence-electron chi connectivity index (χ3n) is 2.74. The minimum atomic E-state index is 0.562. The highest BCUT2D eigenvalue weighted by Gasteiger charge is 2.02. The topological polar surface area (TPSA) is 42.1 Å². The van der Waals surface area contributed by atoms with E-state index in [2.05, 4.69) is 48.1 Å². The van der Waals surface area contributed by atoms with Crippen LogP contribution in [0.15, 0.2) is 42.6 Å². The Labute approximate surface area is 102 Å². The summed E-state index contributed by atoms with van der Waals surface area (Å²) in [4.78, 5) is 6.28. The van der Waals surface area contributed by atoms with Gasteiger partial charge in [0, 0.05) is 25.5 Å². The number of hydrogen-bond donors (Lipinski definition) is 1. The molecule has 0 aliphatic rings. The predicted octanol–water partition coefficient (Wildman–Crippen LogP) is 2.61. The van der Waals surface area contributed by atoms with Gasteiger partial charge in [0.1, 0.15) is 5.82 Å². The summed E-state index contributed by atoms with van der Waals surface area (Å²) >= 11 is 0. The van der Waals surface area contributed by atoms with Gasteiger partial charge in [0.15, 0.2) is 0 Å². The third-order valence-corrected chi connectivity index (χ3v) is 2.74. The highest BCUT2D eigenvalue weighted by molar-refractivity contribution is 5.47. The average Bonchev–Trinajstić information content (AvgIpc) is 2.33. The number of nitrogen functional groups attached to an aromatic ring is 1. The van der Waals surface area contributed by atoms with Gasteiger partial charge in [-0.1, -0.05) is 23.8 Å². The molecular formula is C14H17N3. The lowest BCUT2D eigenvalue weighted by atomic mass is 10.2. The monoisotopic (exact) mass is 227 g/mol. The van der Waals surface area contributed by atoms with Crippen LogP contribution in [0.25, 0.3) is 0 Å². The Balaban J connectivity index is 2.08. The summed E-state index contributed by atoms with van der Waals surface area (Å²) in [5.41, 5.74) is 9.19. The van der Waals surface area contributed by atoms with Gasteiger partial charge in [-0.2, -0.15) is 0 Å². The minimum absolute atomic E-state index is 0.562. The van der Waals surface area contributed by atoms with E-state index in [0.717, 1.165) is 12.1 Å². The van der Waals surface area contributed by atoms with Gasteiger partial charge in [-0.15, -0.1) is 0 Å². The lowest BCUT2D eigenvalue weighted by molar-refractivity contribution is 0.916. The molecule has 0 saturated heterocycles. The summed E-state index contributed by atoms with van der Waals surface area (Å²) in [5.74, 6) is 0.562. The SMILES string of the molecule is Cc1ccc(N(C)Cc2ccc(N)nc2)cc1. The summed E-state index contributed by atoms with van der Waals surface area (Å²) in [6.45, 7) is 2.92. The normalized spacial score (nSPS) is 10.2. The first-order valence-corrected chi connectivity index (χ1v) is 5.63. The van der Waals surface area contributed by atoms with Crippen LogP contribution in [0.5, 0.6) is 0 Å².